The largest absolute Gasteiger partial charge is 0.381 e. The molecule has 0 aromatic rings. The molecule has 1 aliphatic carbocycles. The Balaban J connectivity index is 1.75. The maximum absolute atomic E-state index is 6.05. The Morgan fingerprint density at radius 3 is 2.47 bits per heavy atom. The third-order valence-corrected chi connectivity index (χ3v) is 4.93. The van der Waals surface area contributed by atoms with Gasteiger partial charge >= 0.3 is 0 Å². The number of ether oxygens (including phenoxy) is 2. The van der Waals surface area contributed by atoms with Crippen LogP contribution in [0.5, 0.6) is 0 Å². The van der Waals surface area contributed by atoms with E-state index in [4.69, 9.17) is 9.47 Å². The third kappa shape index (κ3) is 3.18. The van der Waals surface area contributed by atoms with Crippen molar-refractivity contribution >= 4 is 15.9 Å². The Hall–Kier alpha value is 0.400. The van der Waals surface area contributed by atoms with E-state index in [1.54, 1.807) is 0 Å². The lowest BCUT2D eigenvalue weighted by molar-refractivity contribution is -0.0566. The average Bonchev–Trinajstić information content (AvgIpc) is 2.77. The summed E-state index contributed by atoms with van der Waals surface area (Å²) in [6, 6.07) is 0. The lowest BCUT2D eigenvalue weighted by Gasteiger charge is -2.30. The molecule has 2 fully saturated rings. The number of alkyl halides is 1. The molecule has 0 amide bonds. The van der Waals surface area contributed by atoms with Crippen LogP contribution in [0.25, 0.3) is 0 Å². The van der Waals surface area contributed by atoms with E-state index in [1.165, 1.54) is 25.7 Å². The minimum Gasteiger partial charge on any atom is -0.381 e. The molecule has 0 aromatic carbocycles. The first-order valence-electron chi connectivity index (χ1n) is 6.10. The molecule has 0 bridgehead atoms. The highest BCUT2D eigenvalue weighted by atomic mass is 79.9. The standard InChI is InChI=1S/C12H21BrO2/c13-9-12(5-1-2-6-12)10-15-11-3-7-14-8-4-11/h11H,1-10H2. The molecule has 0 N–H and O–H groups in total. The van der Waals surface area contributed by atoms with Gasteiger partial charge in [0.15, 0.2) is 0 Å². The monoisotopic (exact) mass is 276 g/mol. The molecule has 0 radical (unpaired) electrons. The van der Waals surface area contributed by atoms with Crippen molar-refractivity contribution in [1.29, 1.82) is 0 Å². The Bertz CT molecular complexity index is 184. The highest BCUT2D eigenvalue weighted by molar-refractivity contribution is 9.09. The van der Waals surface area contributed by atoms with Gasteiger partial charge in [-0.25, -0.2) is 0 Å². The maximum atomic E-state index is 6.05. The predicted octanol–water partition coefficient (Wildman–Crippen LogP) is 3.14. The first-order valence-corrected chi connectivity index (χ1v) is 7.22. The fourth-order valence-electron chi connectivity index (χ4n) is 2.58. The fraction of sp³-hybridized carbons (Fsp3) is 1.00. The van der Waals surface area contributed by atoms with Gasteiger partial charge in [0.05, 0.1) is 12.7 Å². The SMILES string of the molecule is BrCC1(COC2CCOCC2)CCCC1. The van der Waals surface area contributed by atoms with E-state index in [-0.39, 0.29) is 0 Å². The molecular formula is C12H21BrO2. The number of hydrogen-bond acceptors (Lipinski definition) is 2. The molecule has 0 spiro atoms. The second kappa shape index (κ2) is 5.65. The minimum atomic E-state index is 0.443. The molecule has 3 heteroatoms. The summed E-state index contributed by atoms with van der Waals surface area (Å²) in [5, 5.41) is 1.10. The van der Waals surface area contributed by atoms with Crippen LogP contribution in [0.1, 0.15) is 38.5 Å². The Morgan fingerprint density at radius 2 is 1.87 bits per heavy atom. The first-order chi connectivity index (χ1) is 7.35. The van der Waals surface area contributed by atoms with Crippen molar-refractivity contribution in [3.8, 4) is 0 Å². The molecule has 1 heterocycles. The summed E-state index contributed by atoms with van der Waals surface area (Å²) in [5.41, 5.74) is 0.443. The summed E-state index contributed by atoms with van der Waals surface area (Å²) in [6.45, 7) is 2.71. The van der Waals surface area contributed by atoms with Crippen molar-refractivity contribution in [3.05, 3.63) is 0 Å². The van der Waals surface area contributed by atoms with Crippen molar-refractivity contribution < 1.29 is 9.47 Å². The number of halogens is 1. The minimum absolute atomic E-state index is 0.443. The van der Waals surface area contributed by atoms with E-state index >= 15 is 0 Å². The molecule has 2 nitrogen and oxygen atoms in total. The molecular weight excluding hydrogens is 256 g/mol. The third-order valence-electron chi connectivity index (χ3n) is 3.74. The Morgan fingerprint density at radius 1 is 1.20 bits per heavy atom. The Labute approximate surface area is 101 Å². The van der Waals surface area contributed by atoms with E-state index in [2.05, 4.69) is 15.9 Å². The van der Waals surface area contributed by atoms with Crippen LogP contribution in [-0.2, 0) is 9.47 Å². The summed E-state index contributed by atoms with van der Waals surface area (Å²) in [5.74, 6) is 0. The Kier molecular flexibility index (Phi) is 4.47. The van der Waals surface area contributed by atoms with Crippen LogP contribution in [0.3, 0.4) is 0 Å². The van der Waals surface area contributed by atoms with Crippen molar-refractivity contribution in [1.82, 2.24) is 0 Å². The number of hydrogen-bond donors (Lipinski definition) is 0. The molecule has 88 valence electrons. The first kappa shape index (κ1) is 11.9. The van der Waals surface area contributed by atoms with Gasteiger partial charge in [-0.3, -0.25) is 0 Å². The van der Waals surface area contributed by atoms with Crippen LogP contribution >= 0.6 is 15.9 Å². The molecule has 15 heavy (non-hydrogen) atoms. The normalized spacial score (nSPS) is 27.0. The molecule has 1 saturated heterocycles. The lowest BCUT2D eigenvalue weighted by Crippen LogP contribution is -2.31. The molecule has 0 atom stereocenters. The topological polar surface area (TPSA) is 18.5 Å². The predicted molar refractivity (Wildman–Crippen MR) is 64.5 cm³/mol. The van der Waals surface area contributed by atoms with E-state index in [0.29, 0.717) is 11.5 Å². The molecule has 2 rings (SSSR count). The van der Waals surface area contributed by atoms with E-state index in [1.807, 2.05) is 0 Å². The van der Waals surface area contributed by atoms with Crippen molar-refractivity contribution in [2.75, 3.05) is 25.2 Å². The zero-order chi connectivity index (χ0) is 10.6. The van der Waals surface area contributed by atoms with Gasteiger partial charge in [-0.1, -0.05) is 28.8 Å². The molecule has 1 saturated carbocycles. The summed E-state index contributed by atoms with van der Waals surface area (Å²) in [4.78, 5) is 0. The van der Waals surface area contributed by atoms with E-state index in [9.17, 15) is 0 Å². The van der Waals surface area contributed by atoms with Gasteiger partial charge in [-0.05, 0) is 25.7 Å². The molecule has 1 aliphatic heterocycles. The highest BCUT2D eigenvalue weighted by Gasteiger charge is 2.33. The second-order valence-electron chi connectivity index (χ2n) is 4.96. The van der Waals surface area contributed by atoms with Crippen molar-refractivity contribution in [2.45, 2.75) is 44.6 Å². The van der Waals surface area contributed by atoms with Gasteiger partial charge in [-0.2, -0.15) is 0 Å². The fourth-order valence-corrected chi connectivity index (χ4v) is 3.30. The molecule has 0 aromatic heterocycles. The van der Waals surface area contributed by atoms with E-state index < -0.39 is 0 Å². The van der Waals surface area contributed by atoms with Gasteiger partial charge in [0.2, 0.25) is 0 Å². The van der Waals surface area contributed by atoms with Crippen LogP contribution in [-0.4, -0.2) is 31.3 Å². The summed E-state index contributed by atoms with van der Waals surface area (Å²) in [6.07, 6.45) is 8.04. The summed E-state index contributed by atoms with van der Waals surface area (Å²) in [7, 11) is 0. The van der Waals surface area contributed by atoms with Crippen molar-refractivity contribution in [2.24, 2.45) is 5.41 Å². The highest BCUT2D eigenvalue weighted by Crippen LogP contribution is 2.40. The summed E-state index contributed by atoms with van der Waals surface area (Å²) >= 11 is 3.65. The summed E-state index contributed by atoms with van der Waals surface area (Å²) < 4.78 is 11.4. The zero-order valence-corrected chi connectivity index (χ0v) is 10.9. The van der Waals surface area contributed by atoms with Crippen LogP contribution < -0.4 is 0 Å². The molecule has 2 aliphatic rings. The van der Waals surface area contributed by atoms with Crippen LogP contribution in [0.15, 0.2) is 0 Å². The van der Waals surface area contributed by atoms with Gasteiger partial charge in [0.1, 0.15) is 0 Å². The second-order valence-corrected chi connectivity index (χ2v) is 5.52. The van der Waals surface area contributed by atoms with Gasteiger partial charge in [0, 0.05) is 24.0 Å². The van der Waals surface area contributed by atoms with Crippen LogP contribution in [0.4, 0.5) is 0 Å². The van der Waals surface area contributed by atoms with Gasteiger partial charge < -0.3 is 9.47 Å². The lowest BCUT2D eigenvalue weighted by atomic mass is 9.90. The quantitative estimate of drug-likeness (QED) is 0.735. The van der Waals surface area contributed by atoms with Crippen LogP contribution in [0.2, 0.25) is 0 Å². The zero-order valence-electron chi connectivity index (χ0n) is 9.34. The van der Waals surface area contributed by atoms with E-state index in [0.717, 1.165) is 38.0 Å². The smallest absolute Gasteiger partial charge is 0.0619 e. The maximum Gasteiger partial charge on any atom is 0.0619 e. The van der Waals surface area contributed by atoms with Gasteiger partial charge in [-0.15, -0.1) is 0 Å². The average molecular weight is 277 g/mol. The van der Waals surface area contributed by atoms with Crippen molar-refractivity contribution in [3.63, 3.8) is 0 Å². The number of rotatable bonds is 4. The molecule has 0 unspecified atom stereocenters. The van der Waals surface area contributed by atoms with Gasteiger partial charge in [0.25, 0.3) is 0 Å². The van der Waals surface area contributed by atoms with Crippen LogP contribution in [0, 0.1) is 5.41 Å².